The summed E-state index contributed by atoms with van der Waals surface area (Å²) in [5.41, 5.74) is 2.61. The van der Waals surface area contributed by atoms with Crippen LogP contribution in [0, 0.1) is 0 Å². The van der Waals surface area contributed by atoms with E-state index in [0.29, 0.717) is 6.42 Å². The van der Waals surface area contributed by atoms with E-state index in [2.05, 4.69) is 21.7 Å². The molecule has 1 aliphatic rings. The van der Waals surface area contributed by atoms with Crippen molar-refractivity contribution in [3.8, 4) is 0 Å². The van der Waals surface area contributed by atoms with Crippen LogP contribution in [-0.4, -0.2) is 30.5 Å². The van der Waals surface area contributed by atoms with Gasteiger partial charge in [-0.1, -0.05) is 11.6 Å². The first kappa shape index (κ1) is 13.7. The molecule has 2 heterocycles. The molecular weight excluding hydrogens is 238 g/mol. The van der Waals surface area contributed by atoms with Crippen LogP contribution in [0.5, 0.6) is 0 Å². The van der Waals surface area contributed by atoms with Gasteiger partial charge in [0.05, 0.1) is 0 Å². The Labute approximate surface area is 114 Å². The minimum absolute atomic E-state index is 0.131. The highest BCUT2D eigenvalue weighted by Crippen LogP contribution is 2.08. The molecule has 0 fully saturated rings. The molecule has 4 heteroatoms. The Hall–Kier alpha value is -1.68. The van der Waals surface area contributed by atoms with Crippen molar-refractivity contribution in [1.82, 2.24) is 15.6 Å². The number of amides is 1. The Morgan fingerprint density at radius 1 is 1.32 bits per heavy atom. The second kappa shape index (κ2) is 7.69. The molecule has 1 aliphatic heterocycles. The molecule has 2 rings (SSSR count). The van der Waals surface area contributed by atoms with Gasteiger partial charge in [-0.25, -0.2) is 0 Å². The Morgan fingerprint density at radius 2 is 2.16 bits per heavy atom. The topological polar surface area (TPSA) is 54.0 Å². The van der Waals surface area contributed by atoms with Crippen molar-refractivity contribution in [2.24, 2.45) is 0 Å². The molecule has 0 saturated heterocycles. The summed E-state index contributed by atoms with van der Waals surface area (Å²) in [6.45, 7) is 2.77. The summed E-state index contributed by atoms with van der Waals surface area (Å²) in [6, 6.07) is 3.90. The number of carbonyl (C=O) groups excluding carboxylic acids is 1. The van der Waals surface area contributed by atoms with Crippen LogP contribution < -0.4 is 10.6 Å². The molecule has 1 aromatic rings. The lowest BCUT2D eigenvalue weighted by atomic mass is 10.1. The predicted molar refractivity (Wildman–Crippen MR) is 75.8 cm³/mol. The number of aryl methyl sites for hydroxylation is 1. The van der Waals surface area contributed by atoms with Gasteiger partial charge in [-0.2, -0.15) is 0 Å². The van der Waals surface area contributed by atoms with E-state index < -0.39 is 0 Å². The zero-order chi connectivity index (χ0) is 13.3. The van der Waals surface area contributed by atoms with Crippen LogP contribution in [0.15, 0.2) is 36.2 Å². The number of nitrogens with zero attached hydrogens (tertiary/aromatic N) is 1. The molecule has 0 atom stereocenters. The van der Waals surface area contributed by atoms with E-state index in [1.54, 1.807) is 12.4 Å². The van der Waals surface area contributed by atoms with Crippen LogP contribution in [0.1, 0.15) is 24.8 Å². The molecule has 4 nitrogen and oxygen atoms in total. The standard InChI is InChI=1S/C15H21N3O/c19-15(2-1-13-3-8-16-9-4-13)18-12-7-14-5-10-17-11-6-14/h3-5,8-9,17H,1-2,6-7,10-12H2,(H,18,19). The first-order valence-electron chi connectivity index (χ1n) is 6.89. The van der Waals surface area contributed by atoms with Crippen molar-refractivity contribution >= 4 is 5.91 Å². The Kier molecular flexibility index (Phi) is 5.56. The van der Waals surface area contributed by atoms with Crippen molar-refractivity contribution in [3.63, 3.8) is 0 Å². The van der Waals surface area contributed by atoms with E-state index in [0.717, 1.165) is 44.5 Å². The molecule has 0 spiro atoms. The van der Waals surface area contributed by atoms with Gasteiger partial charge in [-0.3, -0.25) is 9.78 Å². The minimum atomic E-state index is 0.131. The number of pyridine rings is 1. The van der Waals surface area contributed by atoms with E-state index >= 15 is 0 Å². The summed E-state index contributed by atoms with van der Waals surface area (Å²) >= 11 is 0. The Morgan fingerprint density at radius 3 is 2.89 bits per heavy atom. The largest absolute Gasteiger partial charge is 0.356 e. The Balaban J connectivity index is 1.61. The third kappa shape index (κ3) is 5.22. The van der Waals surface area contributed by atoms with Crippen molar-refractivity contribution in [2.45, 2.75) is 25.7 Å². The third-order valence-corrected chi connectivity index (χ3v) is 3.32. The summed E-state index contributed by atoms with van der Waals surface area (Å²) in [5.74, 6) is 0.131. The molecule has 2 N–H and O–H groups in total. The lowest BCUT2D eigenvalue weighted by Crippen LogP contribution is -2.26. The van der Waals surface area contributed by atoms with Gasteiger partial charge < -0.3 is 10.6 Å². The minimum Gasteiger partial charge on any atom is -0.356 e. The monoisotopic (exact) mass is 259 g/mol. The summed E-state index contributed by atoms with van der Waals surface area (Å²) in [5, 5.41) is 6.27. The molecule has 0 bridgehead atoms. The van der Waals surface area contributed by atoms with Crippen LogP contribution in [0.2, 0.25) is 0 Å². The second-order valence-corrected chi connectivity index (χ2v) is 4.77. The van der Waals surface area contributed by atoms with Gasteiger partial charge >= 0.3 is 0 Å². The van der Waals surface area contributed by atoms with Gasteiger partial charge in [0.15, 0.2) is 0 Å². The van der Waals surface area contributed by atoms with E-state index in [1.165, 1.54) is 5.57 Å². The van der Waals surface area contributed by atoms with Gasteiger partial charge in [-0.05, 0) is 43.5 Å². The van der Waals surface area contributed by atoms with Crippen LogP contribution in [0.3, 0.4) is 0 Å². The molecular formula is C15H21N3O. The summed E-state index contributed by atoms with van der Waals surface area (Å²) in [7, 11) is 0. The van der Waals surface area contributed by atoms with E-state index in [9.17, 15) is 4.79 Å². The summed E-state index contributed by atoms with van der Waals surface area (Å²) in [6.07, 6.45) is 9.15. The average Bonchev–Trinajstić information content (AvgIpc) is 2.47. The first-order chi connectivity index (χ1) is 9.34. The number of aromatic nitrogens is 1. The van der Waals surface area contributed by atoms with E-state index in [-0.39, 0.29) is 5.91 Å². The van der Waals surface area contributed by atoms with Gasteiger partial charge in [-0.15, -0.1) is 0 Å². The number of hydrogen-bond acceptors (Lipinski definition) is 3. The molecule has 102 valence electrons. The van der Waals surface area contributed by atoms with Crippen LogP contribution in [-0.2, 0) is 11.2 Å². The summed E-state index contributed by atoms with van der Waals surface area (Å²) < 4.78 is 0. The Bertz CT molecular complexity index is 428. The number of carbonyl (C=O) groups is 1. The van der Waals surface area contributed by atoms with Crippen molar-refractivity contribution in [3.05, 3.63) is 41.7 Å². The summed E-state index contributed by atoms with van der Waals surface area (Å²) in [4.78, 5) is 15.7. The van der Waals surface area contributed by atoms with Crippen molar-refractivity contribution in [1.29, 1.82) is 0 Å². The molecule has 0 aliphatic carbocycles. The number of hydrogen-bond donors (Lipinski definition) is 2. The van der Waals surface area contributed by atoms with Gasteiger partial charge in [0.1, 0.15) is 0 Å². The fourth-order valence-corrected chi connectivity index (χ4v) is 2.15. The van der Waals surface area contributed by atoms with Crippen LogP contribution in [0.4, 0.5) is 0 Å². The van der Waals surface area contributed by atoms with Crippen molar-refractivity contribution in [2.75, 3.05) is 19.6 Å². The molecule has 0 aromatic carbocycles. The molecule has 1 amide bonds. The molecule has 1 aromatic heterocycles. The SMILES string of the molecule is O=C(CCc1ccncc1)NCCC1=CCNCC1. The quantitative estimate of drug-likeness (QED) is 0.760. The maximum Gasteiger partial charge on any atom is 0.220 e. The average molecular weight is 259 g/mol. The normalized spacial score (nSPS) is 14.8. The fourth-order valence-electron chi connectivity index (χ4n) is 2.15. The highest BCUT2D eigenvalue weighted by molar-refractivity contribution is 5.76. The van der Waals surface area contributed by atoms with Gasteiger partial charge in [0.25, 0.3) is 0 Å². The number of rotatable bonds is 6. The maximum atomic E-state index is 11.7. The van der Waals surface area contributed by atoms with E-state index in [1.807, 2.05) is 12.1 Å². The highest BCUT2D eigenvalue weighted by Gasteiger charge is 2.05. The fraction of sp³-hybridized carbons (Fsp3) is 0.467. The van der Waals surface area contributed by atoms with Gasteiger partial charge in [0, 0.05) is 31.9 Å². The lowest BCUT2D eigenvalue weighted by Gasteiger charge is -2.14. The first-order valence-corrected chi connectivity index (χ1v) is 6.89. The smallest absolute Gasteiger partial charge is 0.220 e. The molecule has 0 saturated carbocycles. The molecule has 0 radical (unpaired) electrons. The maximum absolute atomic E-state index is 11.7. The van der Waals surface area contributed by atoms with Crippen LogP contribution >= 0.6 is 0 Å². The zero-order valence-corrected chi connectivity index (χ0v) is 11.2. The predicted octanol–water partition coefficient (Wildman–Crippen LogP) is 1.44. The third-order valence-electron chi connectivity index (χ3n) is 3.32. The highest BCUT2D eigenvalue weighted by atomic mass is 16.1. The molecule has 19 heavy (non-hydrogen) atoms. The lowest BCUT2D eigenvalue weighted by molar-refractivity contribution is -0.121. The van der Waals surface area contributed by atoms with Gasteiger partial charge in [0.2, 0.25) is 5.91 Å². The number of nitrogens with one attached hydrogen (secondary N) is 2. The molecule has 0 unspecified atom stereocenters. The zero-order valence-electron chi connectivity index (χ0n) is 11.2. The van der Waals surface area contributed by atoms with Crippen LogP contribution in [0.25, 0.3) is 0 Å². The second-order valence-electron chi connectivity index (χ2n) is 4.77. The van der Waals surface area contributed by atoms with E-state index in [4.69, 9.17) is 0 Å². The van der Waals surface area contributed by atoms with Crippen molar-refractivity contribution < 1.29 is 4.79 Å².